The Morgan fingerprint density at radius 2 is 2.33 bits per heavy atom. The lowest BCUT2D eigenvalue weighted by Crippen LogP contribution is -2.28. The number of hydrogen-bond donors (Lipinski definition) is 2. The number of rotatable bonds is 7. The van der Waals surface area contributed by atoms with Crippen molar-refractivity contribution in [3.63, 3.8) is 0 Å². The van der Waals surface area contributed by atoms with Crippen molar-refractivity contribution in [1.82, 2.24) is 9.71 Å². The number of sulfonamides is 1. The van der Waals surface area contributed by atoms with E-state index in [0.717, 1.165) is 5.57 Å². The van der Waals surface area contributed by atoms with Crippen molar-refractivity contribution in [3.05, 3.63) is 30.5 Å². The van der Waals surface area contributed by atoms with Crippen molar-refractivity contribution < 1.29 is 13.2 Å². The third kappa shape index (κ3) is 4.44. The molecule has 1 aromatic rings. The Kier molecular flexibility index (Phi) is 5.26. The van der Waals surface area contributed by atoms with E-state index in [4.69, 9.17) is 10.5 Å². The highest BCUT2D eigenvalue weighted by molar-refractivity contribution is 7.89. The topological polar surface area (TPSA) is 94.3 Å². The van der Waals surface area contributed by atoms with Crippen LogP contribution in [0, 0.1) is 0 Å². The summed E-state index contributed by atoms with van der Waals surface area (Å²) in [6, 6.07) is 2.92. The van der Waals surface area contributed by atoms with Crippen LogP contribution in [0.25, 0.3) is 0 Å². The second-order valence-electron chi connectivity index (χ2n) is 3.79. The summed E-state index contributed by atoms with van der Waals surface area (Å²) in [7, 11) is -3.63. The molecule has 6 nitrogen and oxygen atoms in total. The first-order valence-corrected chi connectivity index (χ1v) is 6.84. The Labute approximate surface area is 107 Å². The molecule has 0 fully saturated rings. The van der Waals surface area contributed by atoms with Gasteiger partial charge in [-0.15, -0.1) is 0 Å². The third-order valence-corrected chi connectivity index (χ3v) is 3.48. The number of ether oxygens (including phenoxy) is 1. The maximum Gasteiger partial charge on any atom is 0.244 e. The standard InChI is InChI=1S/C11H17N3O3S/c1-9(2)8-17-7-6-14-18(15,16)10-4-3-5-13-11(10)12/h3-5,14H,1,6-8H2,2H3,(H2,12,13). The molecule has 0 unspecified atom stereocenters. The Morgan fingerprint density at radius 1 is 1.61 bits per heavy atom. The van der Waals surface area contributed by atoms with Crippen LogP contribution in [0.1, 0.15) is 6.92 Å². The van der Waals surface area contributed by atoms with Crippen LogP contribution in [0.2, 0.25) is 0 Å². The maximum atomic E-state index is 11.8. The first kappa shape index (κ1) is 14.6. The Bertz CT molecular complexity index is 514. The Balaban J connectivity index is 2.51. The smallest absolute Gasteiger partial charge is 0.244 e. The van der Waals surface area contributed by atoms with Crippen molar-refractivity contribution in [2.45, 2.75) is 11.8 Å². The molecule has 0 aromatic carbocycles. The van der Waals surface area contributed by atoms with Crippen molar-refractivity contribution >= 4 is 15.8 Å². The molecule has 0 spiro atoms. The van der Waals surface area contributed by atoms with E-state index in [1.165, 1.54) is 18.3 Å². The van der Waals surface area contributed by atoms with E-state index in [1.807, 2.05) is 6.92 Å². The lowest BCUT2D eigenvalue weighted by molar-refractivity contribution is 0.162. The van der Waals surface area contributed by atoms with Gasteiger partial charge in [0.2, 0.25) is 10.0 Å². The van der Waals surface area contributed by atoms with Gasteiger partial charge in [-0.1, -0.05) is 12.2 Å². The van der Waals surface area contributed by atoms with Gasteiger partial charge in [-0.2, -0.15) is 0 Å². The second kappa shape index (κ2) is 6.48. The van der Waals surface area contributed by atoms with Crippen molar-refractivity contribution in [3.8, 4) is 0 Å². The zero-order valence-electron chi connectivity index (χ0n) is 10.2. The predicted octanol–water partition coefficient (Wildman–Crippen LogP) is 0.535. The summed E-state index contributed by atoms with van der Waals surface area (Å²) in [4.78, 5) is 3.71. The normalized spacial score (nSPS) is 11.4. The lowest BCUT2D eigenvalue weighted by Gasteiger charge is -2.08. The monoisotopic (exact) mass is 271 g/mol. The van der Waals surface area contributed by atoms with Crippen LogP contribution in [0.15, 0.2) is 35.4 Å². The van der Waals surface area contributed by atoms with Crippen LogP contribution in [-0.4, -0.2) is 33.2 Å². The molecule has 0 amide bonds. The largest absolute Gasteiger partial charge is 0.383 e. The number of nitrogens with two attached hydrogens (primary N) is 1. The number of nitrogens with zero attached hydrogens (tertiary/aromatic N) is 1. The predicted molar refractivity (Wildman–Crippen MR) is 69.5 cm³/mol. The van der Waals surface area contributed by atoms with Gasteiger partial charge in [-0.25, -0.2) is 18.1 Å². The second-order valence-corrected chi connectivity index (χ2v) is 5.53. The van der Waals surface area contributed by atoms with Crippen molar-refractivity contribution in [2.24, 2.45) is 0 Å². The summed E-state index contributed by atoms with van der Waals surface area (Å²) in [5, 5.41) is 0. The van der Waals surface area contributed by atoms with E-state index >= 15 is 0 Å². The summed E-state index contributed by atoms with van der Waals surface area (Å²) in [6.45, 7) is 6.36. The van der Waals surface area contributed by atoms with Crippen LogP contribution in [0.5, 0.6) is 0 Å². The van der Waals surface area contributed by atoms with E-state index in [2.05, 4.69) is 16.3 Å². The Morgan fingerprint density at radius 3 is 2.94 bits per heavy atom. The fraction of sp³-hybridized carbons (Fsp3) is 0.364. The molecule has 0 radical (unpaired) electrons. The summed E-state index contributed by atoms with van der Waals surface area (Å²) in [5.41, 5.74) is 6.39. The van der Waals surface area contributed by atoms with E-state index in [0.29, 0.717) is 6.61 Å². The molecule has 0 aliphatic heterocycles. The molecule has 3 N–H and O–H groups in total. The number of aromatic nitrogens is 1. The molecule has 1 aromatic heterocycles. The van der Waals surface area contributed by atoms with E-state index in [1.54, 1.807) is 0 Å². The summed E-state index contributed by atoms with van der Waals surface area (Å²) in [6.07, 6.45) is 1.43. The van der Waals surface area contributed by atoms with E-state index in [-0.39, 0.29) is 23.9 Å². The van der Waals surface area contributed by atoms with Crippen LogP contribution in [0.4, 0.5) is 5.82 Å². The van der Waals surface area contributed by atoms with E-state index < -0.39 is 10.0 Å². The average Bonchev–Trinajstić information content (AvgIpc) is 2.28. The first-order chi connectivity index (χ1) is 8.43. The molecule has 0 aliphatic rings. The molecule has 0 atom stereocenters. The summed E-state index contributed by atoms with van der Waals surface area (Å²) >= 11 is 0. The fourth-order valence-corrected chi connectivity index (χ4v) is 2.30. The molecule has 18 heavy (non-hydrogen) atoms. The van der Waals surface area contributed by atoms with Gasteiger partial charge in [0.05, 0.1) is 13.2 Å². The number of hydrogen-bond acceptors (Lipinski definition) is 5. The molecule has 0 saturated carbocycles. The van der Waals surface area contributed by atoms with Gasteiger partial charge in [-0.3, -0.25) is 0 Å². The average molecular weight is 271 g/mol. The quantitative estimate of drug-likeness (QED) is 0.557. The van der Waals surface area contributed by atoms with Gasteiger partial charge < -0.3 is 10.5 Å². The van der Waals surface area contributed by atoms with Gasteiger partial charge in [0.25, 0.3) is 0 Å². The molecular weight excluding hydrogens is 254 g/mol. The SMILES string of the molecule is C=C(C)COCCNS(=O)(=O)c1cccnc1N. The van der Waals surface area contributed by atoms with Crippen molar-refractivity contribution in [1.29, 1.82) is 0 Å². The number of nitrogen functional groups attached to an aromatic ring is 1. The molecule has 1 rings (SSSR count). The molecular formula is C11H17N3O3S. The summed E-state index contributed by atoms with van der Waals surface area (Å²) in [5.74, 6) is -0.0205. The van der Waals surface area contributed by atoms with Crippen LogP contribution < -0.4 is 10.5 Å². The molecule has 7 heteroatoms. The van der Waals surface area contributed by atoms with Crippen molar-refractivity contribution in [2.75, 3.05) is 25.5 Å². The Hall–Kier alpha value is -1.44. The highest BCUT2D eigenvalue weighted by Crippen LogP contribution is 2.13. The fourth-order valence-electron chi connectivity index (χ4n) is 1.20. The van der Waals surface area contributed by atoms with E-state index in [9.17, 15) is 8.42 Å². The highest BCUT2D eigenvalue weighted by atomic mass is 32.2. The first-order valence-electron chi connectivity index (χ1n) is 5.36. The number of nitrogens with one attached hydrogen (secondary N) is 1. The minimum Gasteiger partial charge on any atom is -0.383 e. The minimum absolute atomic E-state index is 0.0205. The van der Waals surface area contributed by atoms with Gasteiger partial charge in [0.15, 0.2) is 0 Å². The molecule has 0 aliphatic carbocycles. The zero-order chi connectivity index (χ0) is 13.6. The van der Waals surface area contributed by atoms with Crippen LogP contribution in [-0.2, 0) is 14.8 Å². The molecule has 100 valence electrons. The maximum absolute atomic E-state index is 11.8. The van der Waals surface area contributed by atoms with Crippen LogP contribution >= 0.6 is 0 Å². The third-order valence-electron chi connectivity index (χ3n) is 1.98. The van der Waals surface area contributed by atoms with Gasteiger partial charge in [0, 0.05) is 12.7 Å². The zero-order valence-corrected chi connectivity index (χ0v) is 11.0. The molecule has 0 saturated heterocycles. The van der Waals surface area contributed by atoms with Gasteiger partial charge >= 0.3 is 0 Å². The highest BCUT2D eigenvalue weighted by Gasteiger charge is 2.16. The minimum atomic E-state index is -3.63. The number of pyridine rings is 1. The summed E-state index contributed by atoms with van der Waals surface area (Å²) < 4.78 is 31.3. The lowest BCUT2D eigenvalue weighted by atomic mass is 10.4. The molecule has 1 heterocycles. The van der Waals surface area contributed by atoms with Crippen LogP contribution in [0.3, 0.4) is 0 Å². The van der Waals surface area contributed by atoms with Gasteiger partial charge in [-0.05, 0) is 19.1 Å². The van der Waals surface area contributed by atoms with Gasteiger partial charge in [0.1, 0.15) is 10.7 Å². The number of anilines is 1. The molecule has 0 bridgehead atoms.